The topological polar surface area (TPSA) is 18.5 Å². The molecule has 0 aromatic rings. The van der Waals surface area contributed by atoms with E-state index in [-0.39, 0.29) is 6.29 Å². The van der Waals surface area contributed by atoms with Crippen molar-refractivity contribution >= 4 is 0 Å². The fourth-order valence-electron chi connectivity index (χ4n) is 3.19. The lowest BCUT2D eigenvalue weighted by atomic mass is 10.0. The Labute approximate surface area is 146 Å². The van der Waals surface area contributed by atoms with Crippen molar-refractivity contribution in [2.45, 2.75) is 122 Å². The summed E-state index contributed by atoms with van der Waals surface area (Å²) in [6.07, 6.45) is 23.7. The fraction of sp³-hybridized carbons (Fsp3) is 1.00. The molecule has 0 unspecified atom stereocenters. The SMILES string of the molecule is CCCCCCCCCCCCCCCCCCC(OC)OC. The summed E-state index contributed by atoms with van der Waals surface area (Å²) in [6, 6.07) is 0. The number of ether oxygens (including phenoxy) is 2. The summed E-state index contributed by atoms with van der Waals surface area (Å²) in [5, 5.41) is 0. The normalized spacial score (nSPS) is 11.5. The van der Waals surface area contributed by atoms with E-state index in [1.165, 1.54) is 103 Å². The molecular formula is C21H44O2. The Bertz CT molecular complexity index is 202. The molecule has 0 fully saturated rings. The number of methoxy groups -OCH3 is 2. The van der Waals surface area contributed by atoms with Crippen LogP contribution in [0.1, 0.15) is 116 Å². The van der Waals surface area contributed by atoms with Crippen LogP contribution in [0.3, 0.4) is 0 Å². The molecule has 0 bridgehead atoms. The van der Waals surface area contributed by atoms with Gasteiger partial charge in [-0.2, -0.15) is 0 Å². The molecule has 0 aliphatic rings. The van der Waals surface area contributed by atoms with Crippen molar-refractivity contribution in [2.24, 2.45) is 0 Å². The van der Waals surface area contributed by atoms with E-state index in [1.807, 2.05) is 0 Å². The van der Waals surface area contributed by atoms with Crippen LogP contribution < -0.4 is 0 Å². The second-order valence-corrected chi connectivity index (χ2v) is 6.99. The maximum Gasteiger partial charge on any atom is 0.156 e. The van der Waals surface area contributed by atoms with Crippen molar-refractivity contribution in [3.05, 3.63) is 0 Å². The lowest BCUT2D eigenvalue weighted by molar-refractivity contribution is -0.107. The summed E-state index contributed by atoms with van der Waals surface area (Å²) in [5.74, 6) is 0. The highest BCUT2D eigenvalue weighted by Gasteiger charge is 2.03. The monoisotopic (exact) mass is 328 g/mol. The van der Waals surface area contributed by atoms with Crippen LogP contribution in [0.15, 0.2) is 0 Å². The van der Waals surface area contributed by atoms with Gasteiger partial charge in [0.1, 0.15) is 0 Å². The quantitative estimate of drug-likeness (QED) is 0.183. The van der Waals surface area contributed by atoms with Crippen LogP contribution in [0.2, 0.25) is 0 Å². The van der Waals surface area contributed by atoms with Gasteiger partial charge in [0.2, 0.25) is 0 Å². The molecule has 0 spiro atoms. The second-order valence-electron chi connectivity index (χ2n) is 6.99. The zero-order valence-electron chi connectivity index (χ0n) is 16.4. The Kier molecular flexibility index (Phi) is 19.9. The van der Waals surface area contributed by atoms with Gasteiger partial charge in [-0.15, -0.1) is 0 Å². The number of rotatable bonds is 19. The van der Waals surface area contributed by atoms with Crippen molar-refractivity contribution in [3.63, 3.8) is 0 Å². The molecule has 0 radical (unpaired) electrons. The molecule has 0 rings (SSSR count). The van der Waals surface area contributed by atoms with Gasteiger partial charge in [0.05, 0.1) is 0 Å². The summed E-state index contributed by atoms with van der Waals surface area (Å²) >= 11 is 0. The van der Waals surface area contributed by atoms with E-state index in [4.69, 9.17) is 9.47 Å². The Balaban J connectivity index is 3.02. The molecule has 0 heterocycles. The molecule has 0 saturated heterocycles. The summed E-state index contributed by atoms with van der Waals surface area (Å²) in [6.45, 7) is 2.29. The first-order valence-corrected chi connectivity index (χ1v) is 10.4. The largest absolute Gasteiger partial charge is 0.356 e. The Morgan fingerprint density at radius 3 is 1.09 bits per heavy atom. The van der Waals surface area contributed by atoms with Gasteiger partial charge in [0.25, 0.3) is 0 Å². The molecule has 0 N–H and O–H groups in total. The van der Waals surface area contributed by atoms with Crippen LogP contribution in [-0.4, -0.2) is 20.5 Å². The average Bonchev–Trinajstić information content (AvgIpc) is 2.58. The summed E-state index contributed by atoms with van der Waals surface area (Å²) < 4.78 is 10.4. The third-order valence-corrected chi connectivity index (χ3v) is 4.82. The molecule has 0 aliphatic carbocycles. The summed E-state index contributed by atoms with van der Waals surface area (Å²) in [4.78, 5) is 0. The van der Waals surface area contributed by atoms with Gasteiger partial charge in [-0.1, -0.05) is 103 Å². The molecule has 0 saturated carbocycles. The highest BCUT2D eigenvalue weighted by Crippen LogP contribution is 2.14. The van der Waals surface area contributed by atoms with Crippen LogP contribution in [0.4, 0.5) is 0 Å². The Morgan fingerprint density at radius 2 is 0.783 bits per heavy atom. The Morgan fingerprint density at radius 1 is 0.478 bits per heavy atom. The second kappa shape index (κ2) is 20.0. The minimum atomic E-state index is 0.00152. The van der Waals surface area contributed by atoms with Crippen LogP contribution in [0.25, 0.3) is 0 Å². The molecule has 0 aliphatic heterocycles. The van der Waals surface area contributed by atoms with Crippen molar-refractivity contribution < 1.29 is 9.47 Å². The highest BCUT2D eigenvalue weighted by atomic mass is 16.7. The molecule has 2 nitrogen and oxygen atoms in total. The van der Waals surface area contributed by atoms with E-state index in [0.29, 0.717) is 0 Å². The summed E-state index contributed by atoms with van der Waals surface area (Å²) in [7, 11) is 3.45. The van der Waals surface area contributed by atoms with E-state index in [0.717, 1.165) is 6.42 Å². The number of unbranched alkanes of at least 4 members (excludes halogenated alkanes) is 15. The third-order valence-electron chi connectivity index (χ3n) is 4.82. The van der Waals surface area contributed by atoms with E-state index in [1.54, 1.807) is 14.2 Å². The van der Waals surface area contributed by atoms with E-state index < -0.39 is 0 Å². The smallest absolute Gasteiger partial charge is 0.156 e. The lowest BCUT2D eigenvalue weighted by Crippen LogP contribution is -2.12. The average molecular weight is 329 g/mol. The van der Waals surface area contributed by atoms with Gasteiger partial charge in [0.15, 0.2) is 6.29 Å². The molecule has 23 heavy (non-hydrogen) atoms. The zero-order chi connectivity index (χ0) is 17.0. The predicted molar refractivity (Wildman–Crippen MR) is 102 cm³/mol. The minimum absolute atomic E-state index is 0.00152. The van der Waals surface area contributed by atoms with Gasteiger partial charge >= 0.3 is 0 Å². The first-order chi connectivity index (χ1) is 11.3. The van der Waals surface area contributed by atoms with Gasteiger partial charge in [-0.25, -0.2) is 0 Å². The van der Waals surface area contributed by atoms with Crippen molar-refractivity contribution in [2.75, 3.05) is 14.2 Å². The van der Waals surface area contributed by atoms with Gasteiger partial charge in [-0.3, -0.25) is 0 Å². The molecule has 0 aromatic heterocycles. The van der Waals surface area contributed by atoms with Crippen molar-refractivity contribution in [1.82, 2.24) is 0 Å². The highest BCUT2D eigenvalue weighted by molar-refractivity contribution is 4.51. The Hall–Kier alpha value is -0.0800. The van der Waals surface area contributed by atoms with Crippen LogP contribution in [0, 0.1) is 0 Å². The first-order valence-electron chi connectivity index (χ1n) is 10.4. The molecule has 140 valence electrons. The maximum absolute atomic E-state index is 5.20. The van der Waals surface area contributed by atoms with E-state index >= 15 is 0 Å². The molecular weight excluding hydrogens is 284 g/mol. The van der Waals surface area contributed by atoms with Crippen LogP contribution in [0.5, 0.6) is 0 Å². The van der Waals surface area contributed by atoms with E-state index in [9.17, 15) is 0 Å². The number of hydrogen-bond donors (Lipinski definition) is 0. The summed E-state index contributed by atoms with van der Waals surface area (Å²) in [5.41, 5.74) is 0. The van der Waals surface area contributed by atoms with Crippen LogP contribution in [-0.2, 0) is 9.47 Å². The fourth-order valence-corrected chi connectivity index (χ4v) is 3.19. The minimum Gasteiger partial charge on any atom is -0.356 e. The molecule has 2 heteroatoms. The van der Waals surface area contributed by atoms with E-state index in [2.05, 4.69) is 6.92 Å². The number of hydrogen-bond acceptors (Lipinski definition) is 2. The van der Waals surface area contributed by atoms with Gasteiger partial charge in [0, 0.05) is 14.2 Å². The molecule has 0 atom stereocenters. The lowest BCUT2D eigenvalue weighted by Gasteiger charge is -2.12. The van der Waals surface area contributed by atoms with Crippen molar-refractivity contribution in [3.8, 4) is 0 Å². The zero-order valence-corrected chi connectivity index (χ0v) is 16.4. The predicted octanol–water partition coefficient (Wildman–Crippen LogP) is 7.26. The molecule has 0 amide bonds. The standard InChI is InChI=1S/C21H44O2/c1-4-5-6-7-8-9-10-11-12-13-14-15-16-17-18-19-20-21(22-2)23-3/h21H,4-20H2,1-3H3. The van der Waals surface area contributed by atoms with Gasteiger partial charge in [-0.05, 0) is 12.8 Å². The van der Waals surface area contributed by atoms with Crippen molar-refractivity contribution in [1.29, 1.82) is 0 Å². The molecule has 0 aromatic carbocycles. The van der Waals surface area contributed by atoms with Crippen LogP contribution >= 0.6 is 0 Å². The first kappa shape index (κ1) is 22.9. The maximum atomic E-state index is 5.20. The third kappa shape index (κ3) is 18.1. The van der Waals surface area contributed by atoms with Gasteiger partial charge < -0.3 is 9.47 Å².